The summed E-state index contributed by atoms with van der Waals surface area (Å²) < 4.78 is 6.72. The standard InChI is InChI=1S/C15H22N2O3S/c1-12(2)14(19)20-11-7-5-4-6-10-17-13(18)8-9-16-15(17)21-3/h8-9H,1,4-7,10-11H2,2-3H3. The maximum absolute atomic E-state index is 11.7. The minimum Gasteiger partial charge on any atom is -0.462 e. The lowest BCUT2D eigenvalue weighted by atomic mass is 10.2. The Morgan fingerprint density at radius 3 is 2.76 bits per heavy atom. The first-order valence-electron chi connectivity index (χ1n) is 6.98. The molecule has 0 unspecified atom stereocenters. The predicted molar refractivity (Wildman–Crippen MR) is 84.5 cm³/mol. The summed E-state index contributed by atoms with van der Waals surface area (Å²) in [5, 5.41) is 0.748. The summed E-state index contributed by atoms with van der Waals surface area (Å²) in [6.45, 7) is 6.26. The number of unbranched alkanes of at least 4 members (excludes halogenated alkanes) is 3. The number of carbonyl (C=O) groups excluding carboxylic acids is 1. The van der Waals surface area contributed by atoms with Gasteiger partial charge in [0.2, 0.25) is 0 Å². The van der Waals surface area contributed by atoms with Gasteiger partial charge in [-0.05, 0) is 32.4 Å². The van der Waals surface area contributed by atoms with Gasteiger partial charge in [0.15, 0.2) is 5.16 Å². The lowest BCUT2D eigenvalue weighted by Crippen LogP contribution is -2.21. The number of hydrogen-bond acceptors (Lipinski definition) is 5. The van der Waals surface area contributed by atoms with Crippen LogP contribution in [0.3, 0.4) is 0 Å². The Balaban J connectivity index is 2.22. The summed E-state index contributed by atoms with van der Waals surface area (Å²) in [5.41, 5.74) is 0.417. The van der Waals surface area contributed by atoms with E-state index in [4.69, 9.17) is 4.74 Å². The Morgan fingerprint density at radius 2 is 2.10 bits per heavy atom. The van der Waals surface area contributed by atoms with E-state index in [9.17, 15) is 9.59 Å². The van der Waals surface area contributed by atoms with Crippen LogP contribution in [0.2, 0.25) is 0 Å². The van der Waals surface area contributed by atoms with Gasteiger partial charge in [-0.1, -0.05) is 24.8 Å². The summed E-state index contributed by atoms with van der Waals surface area (Å²) in [6.07, 6.45) is 7.14. The summed E-state index contributed by atoms with van der Waals surface area (Å²) in [6, 6.07) is 1.48. The van der Waals surface area contributed by atoms with Crippen LogP contribution in [0.5, 0.6) is 0 Å². The van der Waals surface area contributed by atoms with Gasteiger partial charge in [0, 0.05) is 24.4 Å². The van der Waals surface area contributed by atoms with E-state index in [-0.39, 0.29) is 11.5 Å². The maximum atomic E-state index is 11.7. The van der Waals surface area contributed by atoms with Crippen LogP contribution in [0.1, 0.15) is 32.6 Å². The molecule has 1 aromatic heterocycles. The number of ether oxygens (including phenoxy) is 1. The van der Waals surface area contributed by atoms with Crippen molar-refractivity contribution in [3.63, 3.8) is 0 Å². The molecule has 0 fully saturated rings. The molecule has 1 rings (SSSR count). The van der Waals surface area contributed by atoms with Crippen LogP contribution >= 0.6 is 11.8 Å². The Kier molecular flexibility index (Phi) is 7.82. The van der Waals surface area contributed by atoms with Gasteiger partial charge in [0.1, 0.15) is 0 Å². The van der Waals surface area contributed by atoms with Crippen molar-refractivity contribution in [2.45, 2.75) is 44.3 Å². The number of hydrogen-bond donors (Lipinski definition) is 0. The van der Waals surface area contributed by atoms with Gasteiger partial charge in [0.25, 0.3) is 5.56 Å². The van der Waals surface area contributed by atoms with Gasteiger partial charge in [-0.2, -0.15) is 0 Å². The lowest BCUT2D eigenvalue weighted by molar-refractivity contribution is -0.139. The van der Waals surface area contributed by atoms with E-state index in [1.807, 2.05) is 6.26 Å². The van der Waals surface area contributed by atoms with Crippen molar-refractivity contribution < 1.29 is 9.53 Å². The monoisotopic (exact) mass is 310 g/mol. The van der Waals surface area contributed by atoms with Gasteiger partial charge in [0.05, 0.1) is 6.61 Å². The van der Waals surface area contributed by atoms with E-state index >= 15 is 0 Å². The number of aromatic nitrogens is 2. The van der Waals surface area contributed by atoms with Crippen molar-refractivity contribution in [1.29, 1.82) is 0 Å². The van der Waals surface area contributed by atoms with Crippen LogP contribution < -0.4 is 5.56 Å². The third-order valence-corrected chi connectivity index (χ3v) is 3.63. The molecule has 0 atom stereocenters. The van der Waals surface area contributed by atoms with Crippen molar-refractivity contribution in [2.24, 2.45) is 0 Å². The molecule has 0 spiro atoms. The van der Waals surface area contributed by atoms with Crippen molar-refractivity contribution >= 4 is 17.7 Å². The SMILES string of the molecule is C=C(C)C(=O)OCCCCCCn1c(SC)nccc1=O. The Hall–Kier alpha value is -1.56. The second-order valence-corrected chi connectivity index (χ2v) is 5.53. The van der Waals surface area contributed by atoms with Gasteiger partial charge in [-0.25, -0.2) is 9.78 Å². The predicted octanol–water partition coefficient (Wildman–Crippen LogP) is 2.64. The highest BCUT2D eigenvalue weighted by molar-refractivity contribution is 7.98. The first kappa shape index (κ1) is 17.5. The van der Waals surface area contributed by atoms with Crippen LogP contribution in [-0.2, 0) is 16.1 Å². The van der Waals surface area contributed by atoms with Crippen LogP contribution in [0.25, 0.3) is 0 Å². The van der Waals surface area contributed by atoms with Gasteiger partial charge in [-0.3, -0.25) is 9.36 Å². The van der Waals surface area contributed by atoms with E-state index in [0.29, 0.717) is 18.7 Å². The molecule has 5 nitrogen and oxygen atoms in total. The number of esters is 1. The van der Waals surface area contributed by atoms with Crippen molar-refractivity contribution in [3.05, 3.63) is 34.8 Å². The molecular weight excluding hydrogens is 288 g/mol. The molecule has 6 heteroatoms. The maximum Gasteiger partial charge on any atom is 0.333 e. The van der Waals surface area contributed by atoms with Crippen LogP contribution in [0.4, 0.5) is 0 Å². The highest BCUT2D eigenvalue weighted by Crippen LogP contribution is 2.10. The molecule has 0 saturated heterocycles. The highest BCUT2D eigenvalue weighted by atomic mass is 32.2. The fourth-order valence-electron chi connectivity index (χ4n) is 1.80. The molecule has 0 bridgehead atoms. The molecule has 0 amide bonds. The minimum absolute atomic E-state index is 0.00950. The third-order valence-electron chi connectivity index (χ3n) is 2.94. The zero-order valence-electron chi connectivity index (χ0n) is 12.6. The molecule has 0 aliphatic heterocycles. The molecular formula is C15H22N2O3S. The Labute approximate surface area is 129 Å². The molecule has 0 aromatic carbocycles. The summed E-state index contributed by atoms with van der Waals surface area (Å²) in [7, 11) is 0. The van der Waals surface area contributed by atoms with Crippen LogP contribution in [0.15, 0.2) is 34.4 Å². The molecule has 21 heavy (non-hydrogen) atoms. The molecule has 1 aromatic rings. The molecule has 116 valence electrons. The second kappa shape index (κ2) is 9.39. The highest BCUT2D eigenvalue weighted by Gasteiger charge is 2.04. The minimum atomic E-state index is -0.332. The van der Waals surface area contributed by atoms with Crippen molar-refractivity contribution in [3.8, 4) is 0 Å². The largest absolute Gasteiger partial charge is 0.462 e. The molecule has 0 aliphatic carbocycles. The van der Waals surface area contributed by atoms with E-state index in [1.165, 1.54) is 17.8 Å². The molecule has 0 N–H and O–H groups in total. The zero-order chi connectivity index (χ0) is 15.7. The topological polar surface area (TPSA) is 61.2 Å². The zero-order valence-corrected chi connectivity index (χ0v) is 13.4. The first-order valence-corrected chi connectivity index (χ1v) is 8.21. The summed E-state index contributed by atoms with van der Waals surface area (Å²) in [4.78, 5) is 27.1. The quantitative estimate of drug-likeness (QED) is 0.231. The number of rotatable bonds is 9. The van der Waals surface area contributed by atoms with Crippen LogP contribution in [0, 0.1) is 0 Å². The second-order valence-electron chi connectivity index (χ2n) is 4.75. The van der Waals surface area contributed by atoms with E-state index in [2.05, 4.69) is 11.6 Å². The molecule has 0 aliphatic rings. The third kappa shape index (κ3) is 6.16. The smallest absolute Gasteiger partial charge is 0.333 e. The van der Waals surface area contributed by atoms with Gasteiger partial charge >= 0.3 is 5.97 Å². The lowest BCUT2D eigenvalue weighted by Gasteiger charge is -2.09. The number of thioether (sulfide) groups is 1. The molecule has 0 radical (unpaired) electrons. The summed E-state index contributed by atoms with van der Waals surface area (Å²) in [5.74, 6) is -0.332. The Morgan fingerprint density at radius 1 is 1.38 bits per heavy atom. The fraction of sp³-hybridized carbons (Fsp3) is 0.533. The normalized spacial score (nSPS) is 10.4. The Bertz CT molecular complexity index is 540. The van der Waals surface area contributed by atoms with Crippen molar-refractivity contribution in [1.82, 2.24) is 9.55 Å². The fourth-order valence-corrected chi connectivity index (χ4v) is 2.37. The number of nitrogens with zero attached hydrogens (tertiary/aromatic N) is 2. The van der Waals surface area contributed by atoms with E-state index in [0.717, 1.165) is 30.8 Å². The average molecular weight is 310 g/mol. The molecule has 0 saturated carbocycles. The number of carbonyl (C=O) groups is 1. The van der Waals surface area contributed by atoms with Gasteiger partial charge < -0.3 is 4.74 Å². The summed E-state index contributed by atoms with van der Waals surface area (Å²) >= 11 is 1.47. The molecule has 1 heterocycles. The average Bonchev–Trinajstić information content (AvgIpc) is 2.47. The van der Waals surface area contributed by atoms with Crippen LogP contribution in [-0.4, -0.2) is 28.4 Å². The van der Waals surface area contributed by atoms with E-state index in [1.54, 1.807) is 17.7 Å². The first-order chi connectivity index (χ1) is 10.1. The van der Waals surface area contributed by atoms with Crippen molar-refractivity contribution in [2.75, 3.05) is 12.9 Å². The van der Waals surface area contributed by atoms with Gasteiger partial charge in [-0.15, -0.1) is 0 Å². The van der Waals surface area contributed by atoms with E-state index < -0.39 is 0 Å².